The predicted molar refractivity (Wildman–Crippen MR) is 64.3 cm³/mol. The highest BCUT2D eigenvalue weighted by molar-refractivity contribution is 5.94. The van der Waals surface area contributed by atoms with Gasteiger partial charge in [0.25, 0.3) is 0 Å². The van der Waals surface area contributed by atoms with Crippen LogP contribution in [0.15, 0.2) is 18.2 Å². The molecule has 0 spiro atoms. The van der Waals surface area contributed by atoms with Crippen LogP contribution in [0.4, 0.5) is 10.1 Å². The quantitative estimate of drug-likeness (QED) is 0.738. The highest BCUT2D eigenvalue weighted by Gasteiger charge is 2.31. The van der Waals surface area contributed by atoms with E-state index in [4.69, 9.17) is 15.6 Å². The Balaban J connectivity index is 2.11. The lowest BCUT2D eigenvalue weighted by atomic mass is 10.0. The molecule has 1 aromatic rings. The summed E-state index contributed by atoms with van der Waals surface area (Å²) in [7, 11) is 0. The molecule has 2 unspecified atom stereocenters. The van der Waals surface area contributed by atoms with E-state index in [1.54, 1.807) is 0 Å². The fraction of sp³-hybridized carbons (Fsp3) is 0.333. The summed E-state index contributed by atoms with van der Waals surface area (Å²) >= 11 is 0. The van der Waals surface area contributed by atoms with Crippen LogP contribution in [0.1, 0.15) is 10.4 Å². The van der Waals surface area contributed by atoms with Gasteiger partial charge < -0.3 is 20.9 Å². The van der Waals surface area contributed by atoms with Gasteiger partial charge in [-0.3, -0.25) is 4.79 Å². The Morgan fingerprint density at radius 2 is 2.16 bits per heavy atom. The van der Waals surface area contributed by atoms with Crippen LogP contribution in [-0.4, -0.2) is 36.2 Å². The van der Waals surface area contributed by atoms with E-state index in [-0.39, 0.29) is 17.9 Å². The highest BCUT2D eigenvalue weighted by Crippen LogP contribution is 2.19. The summed E-state index contributed by atoms with van der Waals surface area (Å²) in [5.74, 6) is -3.01. The van der Waals surface area contributed by atoms with Crippen molar-refractivity contribution in [3.8, 4) is 0 Å². The number of carbonyl (C=O) groups excluding carboxylic acids is 1. The zero-order valence-corrected chi connectivity index (χ0v) is 9.93. The van der Waals surface area contributed by atoms with Crippen molar-refractivity contribution in [2.45, 2.75) is 6.04 Å². The largest absolute Gasteiger partial charge is 0.478 e. The maximum atomic E-state index is 13.6. The Bertz CT molecular complexity index is 520. The van der Waals surface area contributed by atoms with Gasteiger partial charge in [-0.25, -0.2) is 9.18 Å². The highest BCUT2D eigenvalue weighted by atomic mass is 19.1. The molecule has 1 saturated heterocycles. The number of benzene rings is 1. The first kappa shape index (κ1) is 13.4. The molecule has 0 aromatic heterocycles. The minimum Gasteiger partial charge on any atom is -0.478 e. The third kappa shape index (κ3) is 2.88. The second-order valence-electron chi connectivity index (χ2n) is 4.30. The minimum atomic E-state index is -1.23. The number of nitrogens with one attached hydrogen (secondary N) is 1. The SMILES string of the molecule is NC1COCC1C(=O)Nc1ccc(C(=O)O)cc1F. The summed E-state index contributed by atoms with van der Waals surface area (Å²) in [5, 5.41) is 11.1. The topological polar surface area (TPSA) is 102 Å². The van der Waals surface area contributed by atoms with Crippen molar-refractivity contribution < 1.29 is 23.8 Å². The first-order chi connectivity index (χ1) is 8.99. The molecule has 1 heterocycles. The number of halogens is 1. The first-order valence-electron chi connectivity index (χ1n) is 5.66. The molecular formula is C12H13FN2O4. The van der Waals surface area contributed by atoms with E-state index in [1.165, 1.54) is 12.1 Å². The molecule has 7 heteroatoms. The van der Waals surface area contributed by atoms with Crippen LogP contribution >= 0.6 is 0 Å². The molecule has 0 saturated carbocycles. The maximum Gasteiger partial charge on any atom is 0.335 e. The van der Waals surface area contributed by atoms with Crippen molar-refractivity contribution in [3.63, 3.8) is 0 Å². The van der Waals surface area contributed by atoms with Crippen LogP contribution in [0.3, 0.4) is 0 Å². The molecule has 0 bridgehead atoms. The van der Waals surface area contributed by atoms with Gasteiger partial charge in [0.05, 0.1) is 30.4 Å². The average Bonchev–Trinajstić information content (AvgIpc) is 2.77. The molecule has 2 rings (SSSR count). The number of nitrogens with two attached hydrogens (primary N) is 1. The monoisotopic (exact) mass is 268 g/mol. The van der Waals surface area contributed by atoms with E-state index in [9.17, 15) is 14.0 Å². The number of aromatic carboxylic acids is 1. The van der Waals surface area contributed by atoms with E-state index in [1.807, 2.05) is 0 Å². The summed E-state index contributed by atoms with van der Waals surface area (Å²) in [6, 6.07) is 2.86. The van der Waals surface area contributed by atoms with E-state index in [0.717, 1.165) is 6.07 Å². The van der Waals surface area contributed by atoms with Gasteiger partial charge >= 0.3 is 5.97 Å². The number of rotatable bonds is 3. The fourth-order valence-electron chi connectivity index (χ4n) is 1.82. The number of ether oxygens (including phenoxy) is 1. The average molecular weight is 268 g/mol. The van der Waals surface area contributed by atoms with Crippen molar-refractivity contribution in [2.75, 3.05) is 18.5 Å². The third-order valence-electron chi connectivity index (χ3n) is 2.94. The van der Waals surface area contributed by atoms with Crippen LogP contribution in [0.25, 0.3) is 0 Å². The molecule has 6 nitrogen and oxygen atoms in total. The number of anilines is 1. The third-order valence-corrected chi connectivity index (χ3v) is 2.94. The van der Waals surface area contributed by atoms with E-state index < -0.39 is 29.7 Å². The Morgan fingerprint density at radius 3 is 2.68 bits per heavy atom. The molecule has 4 N–H and O–H groups in total. The van der Waals surface area contributed by atoms with Crippen LogP contribution < -0.4 is 11.1 Å². The van der Waals surface area contributed by atoms with Crippen molar-refractivity contribution in [2.24, 2.45) is 11.7 Å². The molecule has 19 heavy (non-hydrogen) atoms. The number of carboxylic acids is 1. The van der Waals surface area contributed by atoms with Gasteiger partial charge in [0.15, 0.2) is 0 Å². The molecular weight excluding hydrogens is 255 g/mol. The Morgan fingerprint density at radius 1 is 1.42 bits per heavy atom. The standard InChI is InChI=1S/C12H13FN2O4/c13-8-3-6(12(17)18)1-2-10(8)15-11(16)7-4-19-5-9(7)14/h1-3,7,9H,4-5,14H2,(H,15,16)(H,17,18). The van der Waals surface area contributed by atoms with E-state index in [0.29, 0.717) is 6.61 Å². The van der Waals surface area contributed by atoms with Crippen LogP contribution in [0, 0.1) is 11.7 Å². The lowest BCUT2D eigenvalue weighted by Gasteiger charge is -2.13. The van der Waals surface area contributed by atoms with E-state index in [2.05, 4.69) is 5.32 Å². The van der Waals surface area contributed by atoms with Crippen LogP contribution in [0.2, 0.25) is 0 Å². The molecule has 102 valence electrons. The van der Waals surface area contributed by atoms with Crippen molar-refractivity contribution >= 4 is 17.6 Å². The number of carbonyl (C=O) groups is 2. The molecule has 0 radical (unpaired) electrons. The van der Waals surface area contributed by atoms with Gasteiger partial charge in [0.1, 0.15) is 5.82 Å². The van der Waals surface area contributed by atoms with Crippen LogP contribution in [0.5, 0.6) is 0 Å². The molecule has 1 aromatic carbocycles. The molecule has 1 amide bonds. The van der Waals surface area contributed by atoms with Gasteiger partial charge in [0, 0.05) is 6.04 Å². The lowest BCUT2D eigenvalue weighted by Crippen LogP contribution is -2.37. The smallest absolute Gasteiger partial charge is 0.335 e. The lowest BCUT2D eigenvalue weighted by molar-refractivity contribution is -0.120. The number of hydrogen-bond donors (Lipinski definition) is 3. The summed E-state index contributed by atoms with van der Waals surface area (Å²) < 4.78 is 18.7. The normalized spacial score (nSPS) is 22.2. The minimum absolute atomic E-state index is 0.0749. The number of carboxylic acid groups (broad SMARTS) is 1. The molecule has 1 fully saturated rings. The summed E-state index contributed by atoms with van der Waals surface area (Å²) in [6.07, 6.45) is 0. The van der Waals surface area contributed by atoms with Gasteiger partial charge in [-0.2, -0.15) is 0 Å². The van der Waals surface area contributed by atoms with Crippen molar-refractivity contribution in [1.29, 1.82) is 0 Å². The first-order valence-corrected chi connectivity index (χ1v) is 5.66. The zero-order valence-electron chi connectivity index (χ0n) is 9.93. The van der Waals surface area contributed by atoms with Gasteiger partial charge in [0.2, 0.25) is 5.91 Å². The molecule has 1 aliphatic rings. The molecule has 1 aliphatic heterocycles. The fourth-order valence-corrected chi connectivity index (χ4v) is 1.82. The Hall–Kier alpha value is -1.99. The zero-order chi connectivity index (χ0) is 14.0. The van der Waals surface area contributed by atoms with Gasteiger partial charge in [-0.1, -0.05) is 0 Å². The predicted octanol–water partition coefficient (Wildman–Crippen LogP) is 0.436. The molecule has 0 aliphatic carbocycles. The van der Waals surface area contributed by atoms with Gasteiger partial charge in [-0.15, -0.1) is 0 Å². The summed E-state index contributed by atoms with van der Waals surface area (Å²) in [4.78, 5) is 22.5. The second-order valence-corrected chi connectivity index (χ2v) is 4.30. The molecule has 2 atom stereocenters. The van der Waals surface area contributed by atoms with E-state index >= 15 is 0 Å². The Labute approximate surface area is 108 Å². The maximum absolute atomic E-state index is 13.6. The van der Waals surface area contributed by atoms with Crippen molar-refractivity contribution in [3.05, 3.63) is 29.6 Å². The Kier molecular flexibility index (Phi) is 3.77. The van der Waals surface area contributed by atoms with Gasteiger partial charge in [-0.05, 0) is 18.2 Å². The number of hydrogen-bond acceptors (Lipinski definition) is 4. The number of amides is 1. The van der Waals surface area contributed by atoms with Crippen LogP contribution in [-0.2, 0) is 9.53 Å². The second kappa shape index (κ2) is 5.33. The summed E-state index contributed by atoms with van der Waals surface area (Å²) in [5.41, 5.74) is 5.42. The summed E-state index contributed by atoms with van der Waals surface area (Å²) in [6.45, 7) is 0.486. The van der Waals surface area contributed by atoms with Crippen molar-refractivity contribution in [1.82, 2.24) is 0 Å².